The lowest BCUT2D eigenvalue weighted by Crippen LogP contribution is -2.42. The number of hydrogen-bond donors (Lipinski definition) is 0. The average Bonchev–Trinajstić information content (AvgIpc) is 2.81. The van der Waals surface area contributed by atoms with Gasteiger partial charge in [0, 0.05) is 22.5 Å². The zero-order valence-electron chi connectivity index (χ0n) is 13.0. The van der Waals surface area contributed by atoms with Gasteiger partial charge in [-0.3, -0.25) is 4.79 Å². The second-order valence-electron chi connectivity index (χ2n) is 6.48. The monoisotopic (exact) mass is 343 g/mol. The lowest BCUT2D eigenvalue weighted by molar-refractivity contribution is -0.0328. The number of halogens is 3. The first kappa shape index (κ1) is 16.7. The Hall–Kier alpha value is -1.17. The van der Waals surface area contributed by atoms with E-state index in [-0.39, 0.29) is 28.6 Å². The molecule has 3 atom stereocenters. The third-order valence-electron chi connectivity index (χ3n) is 4.91. The summed E-state index contributed by atoms with van der Waals surface area (Å²) in [6, 6.07) is 6.29. The van der Waals surface area contributed by atoms with Crippen LogP contribution in [0.1, 0.15) is 49.4 Å². The number of carbonyl (C=O) groups is 1. The standard InChI is InChI=1S/C17H20F3NOS/c1-11-10-13-4-2-3-5-15(13)21(11)16(22)12-6-8-14(9-7-12)23-17(18,19)20/h6-9,11,13,15H,2-5,10H2,1H3. The van der Waals surface area contributed by atoms with Crippen LogP contribution in [-0.2, 0) is 0 Å². The van der Waals surface area contributed by atoms with Crippen LogP contribution in [0, 0.1) is 5.92 Å². The van der Waals surface area contributed by atoms with E-state index < -0.39 is 5.51 Å². The highest BCUT2D eigenvalue weighted by Gasteiger charge is 2.42. The number of fused-ring (bicyclic) bond motifs is 1. The number of nitrogens with zero attached hydrogens (tertiary/aromatic N) is 1. The van der Waals surface area contributed by atoms with Crippen molar-refractivity contribution in [1.29, 1.82) is 0 Å². The SMILES string of the molecule is CC1CC2CCCCC2N1C(=O)c1ccc(SC(F)(F)F)cc1. The van der Waals surface area contributed by atoms with Gasteiger partial charge in [0.25, 0.3) is 5.91 Å². The summed E-state index contributed by atoms with van der Waals surface area (Å²) >= 11 is -0.153. The van der Waals surface area contributed by atoms with Gasteiger partial charge in [-0.05, 0) is 68.1 Å². The van der Waals surface area contributed by atoms with Crippen LogP contribution in [0.15, 0.2) is 29.2 Å². The van der Waals surface area contributed by atoms with Gasteiger partial charge in [-0.2, -0.15) is 13.2 Å². The summed E-state index contributed by atoms with van der Waals surface area (Å²) in [6.07, 6.45) is 5.65. The Morgan fingerprint density at radius 1 is 1.17 bits per heavy atom. The summed E-state index contributed by atoms with van der Waals surface area (Å²) in [6.45, 7) is 2.07. The van der Waals surface area contributed by atoms with E-state index in [4.69, 9.17) is 0 Å². The predicted molar refractivity (Wildman–Crippen MR) is 84.3 cm³/mol. The fourth-order valence-corrected chi connectivity index (χ4v) is 4.55. The average molecular weight is 343 g/mol. The van der Waals surface area contributed by atoms with Crippen LogP contribution in [0.2, 0.25) is 0 Å². The number of amides is 1. The lowest BCUT2D eigenvalue weighted by Gasteiger charge is -2.33. The molecule has 1 heterocycles. The van der Waals surface area contributed by atoms with E-state index in [1.165, 1.54) is 37.1 Å². The Bertz CT molecular complexity index is 572. The number of carbonyl (C=O) groups excluding carboxylic acids is 1. The second kappa shape index (κ2) is 6.38. The van der Waals surface area contributed by atoms with Gasteiger partial charge in [0.2, 0.25) is 0 Å². The zero-order chi connectivity index (χ0) is 16.6. The maximum absolute atomic E-state index is 12.8. The number of benzene rings is 1. The second-order valence-corrected chi connectivity index (χ2v) is 7.62. The van der Waals surface area contributed by atoms with Crippen molar-refractivity contribution in [1.82, 2.24) is 4.90 Å². The molecule has 1 saturated heterocycles. The number of hydrogen-bond acceptors (Lipinski definition) is 2. The maximum Gasteiger partial charge on any atom is 0.446 e. The van der Waals surface area contributed by atoms with Crippen molar-refractivity contribution in [2.45, 2.75) is 61.5 Å². The van der Waals surface area contributed by atoms with E-state index in [0.717, 1.165) is 19.3 Å². The first-order valence-electron chi connectivity index (χ1n) is 8.03. The number of rotatable bonds is 2. The summed E-state index contributed by atoms with van der Waals surface area (Å²) in [4.78, 5) is 14.9. The molecule has 2 fully saturated rings. The first-order valence-corrected chi connectivity index (χ1v) is 8.85. The van der Waals surface area contributed by atoms with Gasteiger partial charge in [0.15, 0.2) is 0 Å². The van der Waals surface area contributed by atoms with Crippen molar-refractivity contribution < 1.29 is 18.0 Å². The summed E-state index contributed by atoms with van der Waals surface area (Å²) in [7, 11) is 0. The Morgan fingerprint density at radius 3 is 2.48 bits per heavy atom. The van der Waals surface area contributed by atoms with Crippen molar-refractivity contribution >= 4 is 17.7 Å². The number of thioether (sulfide) groups is 1. The van der Waals surface area contributed by atoms with Crippen LogP contribution in [-0.4, -0.2) is 28.4 Å². The highest BCUT2D eigenvalue weighted by molar-refractivity contribution is 8.00. The molecular weight excluding hydrogens is 323 g/mol. The predicted octanol–water partition coefficient (Wildman–Crippen LogP) is 5.09. The largest absolute Gasteiger partial charge is 0.446 e. The van der Waals surface area contributed by atoms with Gasteiger partial charge < -0.3 is 4.90 Å². The summed E-state index contributed by atoms with van der Waals surface area (Å²) in [5.41, 5.74) is -3.82. The maximum atomic E-state index is 12.8. The molecule has 126 valence electrons. The van der Waals surface area contributed by atoms with Gasteiger partial charge >= 0.3 is 5.51 Å². The quantitative estimate of drug-likeness (QED) is 0.697. The molecule has 3 unspecified atom stereocenters. The molecule has 1 saturated carbocycles. The van der Waals surface area contributed by atoms with E-state index in [1.54, 1.807) is 0 Å². The van der Waals surface area contributed by atoms with Crippen molar-refractivity contribution in [2.75, 3.05) is 0 Å². The normalized spacial score (nSPS) is 27.8. The highest BCUT2D eigenvalue weighted by Crippen LogP contribution is 2.41. The first-order chi connectivity index (χ1) is 10.8. The summed E-state index contributed by atoms with van der Waals surface area (Å²) in [5.74, 6) is 0.540. The minimum absolute atomic E-state index is 0.0459. The molecule has 1 aliphatic carbocycles. The van der Waals surface area contributed by atoms with E-state index in [9.17, 15) is 18.0 Å². The molecule has 1 aliphatic heterocycles. The zero-order valence-corrected chi connectivity index (χ0v) is 13.8. The fourth-order valence-electron chi connectivity index (χ4n) is 4.01. The van der Waals surface area contributed by atoms with Crippen LogP contribution in [0.5, 0.6) is 0 Å². The van der Waals surface area contributed by atoms with Crippen LogP contribution in [0.25, 0.3) is 0 Å². The van der Waals surface area contributed by atoms with Gasteiger partial charge in [0.1, 0.15) is 0 Å². The van der Waals surface area contributed by atoms with Crippen molar-refractivity contribution in [3.8, 4) is 0 Å². The minimum atomic E-state index is -4.30. The summed E-state index contributed by atoms with van der Waals surface area (Å²) < 4.78 is 37.1. The van der Waals surface area contributed by atoms with Crippen LogP contribution < -0.4 is 0 Å². The Balaban J connectivity index is 1.75. The van der Waals surface area contributed by atoms with Crippen molar-refractivity contribution in [3.63, 3.8) is 0 Å². The van der Waals surface area contributed by atoms with Gasteiger partial charge in [-0.1, -0.05) is 12.8 Å². The molecule has 0 bridgehead atoms. The summed E-state index contributed by atoms with van der Waals surface area (Å²) in [5, 5.41) is 0. The molecular formula is C17H20F3NOS. The lowest BCUT2D eigenvalue weighted by atomic mass is 9.85. The minimum Gasteiger partial charge on any atom is -0.333 e. The van der Waals surface area contributed by atoms with Crippen molar-refractivity contribution in [3.05, 3.63) is 29.8 Å². The molecule has 0 radical (unpaired) electrons. The van der Waals surface area contributed by atoms with E-state index in [0.29, 0.717) is 17.5 Å². The van der Waals surface area contributed by atoms with Gasteiger partial charge in [-0.15, -0.1) is 0 Å². The van der Waals surface area contributed by atoms with E-state index in [2.05, 4.69) is 6.92 Å². The third-order valence-corrected chi connectivity index (χ3v) is 5.65. The molecule has 3 rings (SSSR count). The van der Waals surface area contributed by atoms with Crippen LogP contribution in [0.3, 0.4) is 0 Å². The molecule has 6 heteroatoms. The van der Waals surface area contributed by atoms with E-state index in [1.807, 2.05) is 4.90 Å². The molecule has 2 aliphatic rings. The Labute approximate surface area is 138 Å². The molecule has 1 amide bonds. The Kier molecular flexibility index (Phi) is 4.63. The molecule has 23 heavy (non-hydrogen) atoms. The van der Waals surface area contributed by atoms with Crippen LogP contribution >= 0.6 is 11.8 Å². The molecule has 0 aromatic heterocycles. The molecule has 0 spiro atoms. The molecule has 1 aromatic rings. The van der Waals surface area contributed by atoms with E-state index >= 15 is 0 Å². The molecule has 1 aromatic carbocycles. The van der Waals surface area contributed by atoms with Gasteiger partial charge in [-0.25, -0.2) is 0 Å². The topological polar surface area (TPSA) is 20.3 Å². The van der Waals surface area contributed by atoms with Crippen LogP contribution in [0.4, 0.5) is 13.2 Å². The highest BCUT2D eigenvalue weighted by atomic mass is 32.2. The molecule has 0 N–H and O–H groups in total. The fraction of sp³-hybridized carbons (Fsp3) is 0.588. The smallest absolute Gasteiger partial charge is 0.333 e. The number of alkyl halides is 3. The number of likely N-dealkylation sites (tertiary alicyclic amines) is 1. The third kappa shape index (κ3) is 3.67. The van der Waals surface area contributed by atoms with Gasteiger partial charge in [0.05, 0.1) is 0 Å². The molecule has 2 nitrogen and oxygen atoms in total. The van der Waals surface area contributed by atoms with Crippen molar-refractivity contribution in [2.24, 2.45) is 5.92 Å². The Morgan fingerprint density at radius 2 is 1.83 bits per heavy atom.